The molecular formula is C15H15N5O. The average molecular weight is 281 g/mol. The first-order chi connectivity index (χ1) is 10.2. The van der Waals surface area contributed by atoms with Crippen molar-refractivity contribution in [1.29, 1.82) is 0 Å². The summed E-state index contributed by atoms with van der Waals surface area (Å²) in [5.74, 6) is -0.197. The molecule has 0 saturated carbocycles. The zero-order valence-electron chi connectivity index (χ0n) is 11.6. The van der Waals surface area contributed by atoms with E-state index in [4.69, 9.17) is 5.73 Å². The smallest absolute Gasteiger partial charge is 0.272 e. The lowest BCUT2D eigenvalue weighted by molar-refractivity contribution is 0.101. The zero-order valence-corrected chi connectivity index (χ0v) is 11.6. The minimum Gasteiger partial charge on any atom is -0.397 e. The number of fused-ring (bicyclic) bond motifs is 1. The van der Waals surface area contributed by atoms with Gasteiger partial charge in [-0.25, -0.2) is 0 Å². The van der Waals surface area contributed by atoms with Crippen molar-refractivity contribution in [1.82, 2.24) is 14.5 Å². The Labute approximate surface area is 121 Å². The van der Waals surface area contributed by atoms with E-state index in [1.165, 1.54) is 0 Å². The van der Waals surface area contributed by atoms with E-state index in [1.807, 2.05) is 17.6 Å². The molecule has 2 heterocycles. The third-order valence-electron chi connectivity index (χ3n) is 3.22. The molecule has 0 fully saturated rings. The Morgan fingerprint density at radius 1 is 1.24 bits per heavy atom. The van der Waals surface area contributed by atoms with Crippen LogP contribution in [0.2, 0.25) is 0 Å². The number of amides is 1. The molecule has 1 amide bonds. The molecular weight excluding hydrogens is 266 g/mol. The summed E-state index contributed by atoms with van der Waals surface area (Å²) in [6.45, 7) is 2.64. The number of anilines is 2. The first kappa shape index (κ1) is 13.1. The molecule has 3 N–H and O–H groups in total. The molecule has 0 atom stereocenters. The second-order valence-electron chi connectivity index (χ2n) is 4.66. The monoisotopic (exact) mass is 281 g/mol. The molecule has 0 spiro atoms. The largest absolute Gasteiger partial charge is 0.397 e. The second-order valence-corrected chi connectivity index (χ2v) is 4.66. The van der Waals surface area contributed by atoms with Crippen molar-refractivity contribution >= 4 is 28.3 Å². The maximum absolute atomic E-state index is 12.3. The summed E-state index contributed by atoms with van der Waals surface area (Å²) in [5.41, 5.74) is 9.05. The zero-order chi connectivity index (χ0) is 14.8. The number of aryl methyl sites for hydroxylation is 1. The maximum Gasteiger partial charge on any atom is 0.272 e. The number of nitrogens with two attached hydrogens (primary N) is 1. The molecule has 106 valence electrons. The summed E-state index contributed by atoms with van der Waals surface area (Å²) in [7, 11) is 0. The number of nitrogens with one attached hydrogen (secondary N) is 1. The van der Waals surface area contributed by atoms with Crippen LogP contribution in [0.5, 0.6) is 0 Å². The number of aromatic nitrogens is 3. The highest BCUT2D eigenvalue weighted by Gasteiger charge is 2.12. The van der Waals surface area contributed by atoms with Crippen molar-refractivity contribution in [2.75, 3.05) is 11.1 Å². The van der Waals surface area contributed by atoms with Gasteiger partial charge >= 0.3 is 0 Å². The van der Waals surface area contributed by atoms with Gasteiger partial charge in [-0.15, -0.1) is 0 Å². The lowest BCUT2D eigenvalue weighted by Crippen LogP contribution is -2.16. The van der Waals surface area contributed by atoms with Crippen molar-refractivity contribution in [3.05, 3.63) is 48.5 Å². The van der Waals surface area contributed by atoms with E-state index in [1.54, 1.807) is 36.8 Å². The summed E-state index contributed by atoms with van der Waals surface area (Å²) >= 11 is 0. The molecule has 0 aliphatic carbocycles. The second kappa shape index (κ2) is 5.24. The number of nitrogen functional groups attached to an aromatic ring is 1. The Morgan fingerprint density at radius 2 is 2.00 bits per heavy atom. The van der Waals surface area contributed by atoms with Gasteiger partial charge in [-0.1, -0.05) is 0 Å². The van der Waals surface area contributed by atoms with Gasteiger partial charge < -0.3 is 15.6 Å². The minimum absolute atomic E-state index is 0.197. The first-order valence-electron chi connectivity index (χ1n) is 6.65. The van der Waals surface area contributed by atoms with E-state index in [0.29, 0.717) is 23.6 Å². The van der Waals surface area contributed by atoms with Crippen molar-refractivity contribution in [2.24, 2.45) is 0 Å². The maximum atomic E-state index is 12.3. The van der Waals surface area contributed by atoms with E-state index in [9.17, 15) is 4.79 Å². The molecule has 3 aromatic rings. The summed E-state index contributed by atoms with van der Waals surface area (Å²) in [6.07, 6.45) is 5.01. The van der Waals surface area contributed by atoms with Crippen molar-refractivity contribution in [3.63, 3.8) is 0 Å². The number of hydrogen-bond acceptors (Lipinski definition) is 4. The third kappa shape index (κ3) is 2.55. The molecule has 0 bridgehead atoms. The first-order valence-corrected chi connectivity index (χ1v) is 6.65. The highest BCUT2D eigenvalue weighted by atomic mass is 16.1. The summed E-state index contributed by atoms with van der Waals surface area (Å²) in [4.78, 5) is 20.7. The van der Waals surface area contributed by atoms with Gasteiger partial charge in [0, 0.05) is 30.8 Å². The van der Waals surface area contributed by atoms with Gasteiger partial charge in [0.2, 0.25) is 0 Å². The van der Waals surface area contributed by atoms with Gasteiger partial charge in [-0.2, -0.15) is 0 Å². The van der Waals surface area contributed by atoms with Crippen LogP contribution in [0.15, 0.2) is 42.9 Å². The van der Waals surface area contributed by atoms with E-state index in [2.05, 4.69) is 15.3 Å². The minimum atomic E-state index is -0.197. The predicted octanol–water partition coefficient (Wildman–Crippen LogP) is 2.29. The quantitative estimate of drug-likeness (QED) is 0.771. The molecule has 0 radical (unpaired) electrons. The van der Waals surface area contributed by atoms with Crippen LogP contribution < -0.4 is 11.1 Å². The van der Waals surface area contributed by atoms with Crippen LogP contribution in [-0.4, -0.2) is 20.4 Å². The van der Waals surface area contributed by atoms with Crippen LogP contribution in [0.4, 0.5) is 11.4 Å². The molecule has 21 heavy (non-hydrogen) atoms. The molecule has 0 saturated heterocycles. The normalized spacial score (nSPS) is 10.7. The number of hydrogen-bond donors (Lipinski definition) is 2. The number of carbonyl (C=O) groups is 1. The molecule has 3 rings (SSSR count). The Hall–Kier alpha value is -2.89. The highest BCUT2D eigenvalue weighted by Crippen LogP contribution is 2.17. The van der Waals surface area contributed by atoms with Gasteiger partial charge in [0.15, 0.2) is 0 Å². The number of rotatable bonds is 3. The van der Waals surface area contributed by atoms with Crippen molar-refractivity contribution < 1.29 is 4.79 Å². The van der Waals surface area contributed by atoms with Crippen molar-refractivity contribution in [3.8, 4) is 0 Å². The summed E-state index contributed by atoms with van der Waals surface area (Å²) in [6, 6.07) is 7.09. The van der Waals surface area contributed by atoms with Crippen LogP contribution in [-0.2, 0) is 6.54 Å². The Balaban J connectivity index is 1.88. The van der Waals surface area contributed by atoms with Gasteiger partial charge in [-0.3, -0.25) is 14.8 Å². The van der Waals surface area contributed by atoms with E-state index < -0.39 is 0 Å². The molecule has 2 aromatic heterocycles. The summed E-state index contributed by atoms with van der Waals surface area (Å²) in [5, 5.41) is 2.86. The van der Waals surface area contributed by atoms with Crippen molar-refractivity contribution in [2.45, 2.75) is 13.5 Å². The van der Waals surface area contributed by atoms with Crippen LogP contribution in [0.25, 0.3) is 11.0 Å². The van der Waals surface area contributed by atoms with Gasteiger partial charge in [0.25, 0.3) is 5.91 Å². The van der Waals surface area contributed by atoms with E-state index >= 15 is 0 Å². The van der Waals surface area contributed by atoms with Crippen LogP contribution in [0.1, 0.15) is 17.4 Å². The number of carbonyl (C=O) groups excluding carboxylic acids is 1. The van der Waals surface area contributed by atoms with E-state index in [-0.39, 0.29) is 5.91 Å². The van der Waals surface area contributed by atoms with Crippen LogP contribution in [0, 0.1) is 0 Å². The molecule has 0 aliphatic rings. The van der Waals surface area contributed by atoms with Crippen LogP contribution >= 0.6 is 0 Å². The Bertz CT molecular complexity index is 809. The fourth-order valence-corrected chi connectivity index (χ4v) is 2.22. The number of nitrogens with zero attached hydrogens (tertiary/aromatic N) is 3. The highest BCUT2D eigenvalue weighted by molar-refractivity contribution is 6.04. The molecule has 0 aliphatic heterocycles. The standard InChI is InChI=1S/C15H15N5O/c1-2-20-9-10(16)7-14(20)15(21)19-11-3-4-12-13(8-11)18-6-5-17-12/h3-9H,2,16H2,1H3,(H,19,21). The fraction of sp³-hybridized carbons (Fsp3) is 0.133. The van der Waals surface area contributed by atoms with Gasteiger partial charge in [0.1, 0.15) is 5.69 Å². The average Bonchev–Trinajstić information content (AvgIpc) is 2.88. The Morgan fingerprint density at radius 3 is 2.76 bits per heavy atom. The van der Waals surface area contributed by atoms with Crippen LogP contribution in [0.3, 0.4) is 0 Å². The van der Waals surface area contributed by atoms with Gasteiger partial charge in [-0.05, 0) is 31.2 Å². The summed E-state index contributed by atoms with van der Waals surface area (Å²) < 4.78 is 1.81. The third-order valence-corrected chi connectivity index (χ3v) is 3.22. The SMILES string of the molecule is CCn1cc(N)cc1C(=O)Nc1ccc2nccnc2c1. The van der Waals surface area contributed by atoms with E-state index in [0.717, 1.165) is 11.0 Å². The fourth-order valence-electron chi connectivity index (χ4n) is 2.22. The van der Waals surface area contributed by atoms with Gasteiger partial charge in [0.05, 0.1) is 16.7 Å². The topological polar surface area (TPSA) is 85.8 Å². The Kier molecular flexibility index (Phi) is 3.27. The molecule has 6 nitrogen and oxygen atoms in total. The number of benzene rings is 1. The predicted molar refractivity (Wildman–Crippen MR) is 82.0 cm³/mol. The lowest BCUT2D eigenvalue weighted by Gasteiger charge is -2.08. The molecule has 1 aromatic carbocycles. The molecule has 0 unspecified atom stereocenters. The lowest BCUT2D eigenvalue weighted by atomic mass is 10.2. The molecule has 6 heteroatoms.